The van der Waals surface area contributed by atoms with E-state index >= 15 is 0 Å². The van der Waals surface area contributed by atoms with E-state index < -0.39 is 0 Å². The summed E-state index contributed by atoms with van der Waals surface area (Å²) in [4.78, 5) is 21.5. The monoisotopic (exact) mass is 392 g/mol. The van der Waals surface area contributed by atoms with Gasteiger partial charge in [-0.25, -0.2) is 9.97 Å². The summed E-state index contributed by atoms with van der Waals surface area (Å²) in [7, 11) is 0. The van der Waals surface area contributed by atoms with Crippen molar-refractivity contribution in [2.45, 2.75) is 6.92 Å². The van der Waals surface area contributed by atoms with Crippen LogP contribution in [0, 0.1) is 6.92 Å². The van der Waals surface area contributed by atoms with Crippen LogP contribution in [-0.4, -0.2) is 21.0 Å². The van der Waals surface area contributed by atoms with Gasteiger partial charge in [-0.15, -0.1) is 11.3 Å². The van der Waals surface area contributed by atoms with Gasteiger partial charge >= 0.3 is 0 Å². The number of thiazole rings is 2. The van der Waals surface area contributed by atoms with E-state index in [2.05, 4.69) is 20.4 Å². The predicted molar refractivity (Wildman–Crippen MR) is 107 cm³/mol. The highest BCUT2D eigenvalue weighted by Crippen LogP contribution is 2.35. The normalized spacial score (nSPS) is 11.3. The van der Waals surface area contributed by atoms with Gasteiger partial charge in [-0.3, -0.25) is 10.1 Å². The van der Waals surface area contributed by atoms with Crippen LogP contribution in [0.2, 0.25) is 0 Å². The van der Waals surface area contributed by atoms with Gasteiger partial charge in [0.25, 0.3) is 5.91 Å². The number of aromatic nitrogens is 3. The molecule has 5 aromatic rings. The van der Waals surface area contributed by atoms with Gasteiger partial charge in [0, 0.05) is 11.6 Å². The molecule has 0 fully saturated rings. The first-order valence-corrected chi connectivity index (χ1v) is 9.81. The highest BCUT2D eigenvalue weighted by molar-refractivity contribution is 7.28. The molecule has 132 valence electrons. The molecule has 0 aliphatic rings. The maximum Gasteiger partial charge on any atom is 0.279 e. The summed E-state index contributed by atoms with van der Waals surface area (Å²) in [5.41, 5.74) is 2.88. The SMILES string of the molecule is Cc1nc2ccc3nc(NC(=O)c4cc(-c5ccccc5)on4)sc3c2s1. The van der Waals surface area contributed by atoms with Crippen LogP contribution < -0.4 is 5.32 Å². The molecule has 0 aliphatic heterocycles. The highest BCUT2D eigenvalue weighted by atomic mass is 32.1. The van der Waals surface area contributed by atoms with E-state index in [-0.39, 0.29) is 11.6 Å². The minimum Gasteiger partial charge on any atom is -0.355 e. The first kappa shape index (κ1) is 16.1. The third kappa shape index (κ3) is 2.88. The lowest BCUT2D eigenvalue weighted by Crippen LogP contribution is -2.11. The van der Waals surface area contributed by atoms with Crippen molar-refractivity contribution in [3.63, 3.8) is 0 Å². The standard InChI is InChI=1S/C19H12N4O2S2/c1-10-20-12-7-8-13-17(16(12)26-10)27-19(21-13)22-18(24)14-9-15(25-23-14)11-5-3-2-4-6-11/h2-9H,1H3,(H,21,22,24). The van der Waals surface area contributed by atoms with Crippen LogP contribution in [0.3, 0.4) is 0 Å². The molecular weight excluding hydrogens is 380 g/mol. The summed E-state index contributed by atoms with van der Waals surface area (Å²) in [5, 5.41) is 8.22. The smallest absolute Gasteiger partial charge is 0.279 e. The Kier molecular flexibility index (Phi) is 3.73. The van der Waals surface area contributed by atoms with E-state index in [0.717, 1.165) is 31.0 Å². The number of nitrogens with one attached hydrogen (secondary N) is 1. The Hall–Kier alpha value is -3.10. The largest absolute Gasteiger partial charge is 0.355 e. The second kappa shape index (κ2) is 6.26. The summed E-state index contributed by atoms with van der Waals surface area (Å²) >= 11 is 3.07. The number of carbonyl (C=O) groups excluding carboxylic acids is 1. The van der Waals surface area contributed by atoms with Crippen LogP contribution in [0.5, 0.6) is 0 Å². The average molecular weight is 392 g/mol. The number of carbonyl (C=O) groups is 1. The molecule has 1 amide bonds. The summed E-state index contributed by atoms with van der Waals surface area (Å²) < 4.78 is 7.41. The maximum absolute atomic E-state index is 12.5. The van der Waals surface area contributed by atoms with Crippen molar-refractivity contribution < 1.29 is 9.32 Å². The maximum atomic E-state index is 12.5. The molecule has 0 radical (unpaired) electrons. The molecule has 5 rings (SSSR count). The minimum absolute atomic E-state index is 0.215. The van der Waals surface area contributed by atoms with Gasteiger partial charge in [0.2, 0.25) is 0 Å². The van der Waals surface area contributed by atoms with Gasteiger partial charge in [0.05, 0.1) is 25.4 Å². The Morgan fingerprint density at radius 3 is 2.56 bits per heavy atom. The van der Waals surface area contributed by atoms with Crippen molar-refractivity contribution in [1.29, 1.82) is 0 Å². The molecule has 0 atom stereocenters. The van der Waals surface area contributed by atoms with Gasteiger partial charge in [-0.2, -0.15) is 0 Å². The number of nitrogens with zero attached hydrogens (tertiary/aromatic N) is 3. The van der Waals surface area contributed by atoms with Crippen molar-refractivity contribution in [3.05, 3.63) is 59.2 Å². The van der Waals surface area contributed by atoms with Crippen LogP contribution in [0.15, 0.2) is 53.1 Å². The number of hydrogen-bond acceptors (Lipinski definition) is 7. The first-order chi connectivity index (χ1) is 13.2. The summed E-state index contributed by atoms with van der Waals surface area (Å²) in [5.74, 6) is 0.198. The Balaban J connectivity index is 1.44. The van der Waals surface area contributed by atoms with Gasteiger partial charge in [0.1, 0.15) is 0 Å². The molecule has 0 saturated heterocycles. The molecule has 6 nitrogen and oxygen atoms in total. The molecule has 0 saturated carbocycles. The molecule has 3 aromatic heterocycles. The zero-order chi connectivity index (χ0) is 18.4. The molecular formula is C19H12N4O2S2. The fourth-order valence-corrected chi connectivity index (χ4v) is 4.82. The molecule has 0 spiro atoms. The Morgan fingerprint density at radius 2 is 1.74 bits per heavy atom. The Morgan fingerprint density at radius 1 is 1.00 bits per heavy atom. The van der Waals surface area contributed by atoms with E-state index in [0.29, 0.717) is 10.9 Å². The van der Waals surface area contributed by atoms with E-state index in [1.807, 2.05) is 49.4 Å². The molecule has 27 heavy (non-hydrogen) atoms. The molecule has 0 unspecified atom stereocenters. The number of hydrogen-bond donors (Lipinski definition) is 1. The third-order valence-corrected chi connectivity index (χ3v) is 6.18. The zero-order valence-electron chi connectivity index (χ0n) is 14.1. The topological polar surface area (TPSA) is 80.9 Å². The number of benzene rings is 2. The lowest BCUT2D eigenvalue weighted by molar-refractivity contribution is 0.101. The fraction of sp³-hybridized carbons (Fsp3) is 0.0526. The van der Waals surface area contributed by atoms with Crippen molar-refractivity contribution >= 4 is 54.1 Å². The molecule has 2 aromatic carbocycles. The lowest BCUT2D eigenvalue weighted by atomic mass is 10.1. The minimum atomic E-state index is -0.350. The van der Waals surface area contributed by atoms with Crippen molar-refractivity contribution in [3.8, 4) is 11.3 Å². The predicted octanol–water partition coefficient (Wildman–Crippen LogP) is 5.12. The summed E-state index contributed by atoms with van der Waals surface area (Å²) in [6, 6.07) is 15.0. The molecule has 1 N–H and O–H groups in total. The molecule has 0 bridgehead atoms. The quantitative estimate of drug-likeness (QED) is 0.461. The van der Waals surface area contributed by atoms with Gasteiger partial charge in [-0.1, -0.05) is 46.8 Å². The molecule has 0 aliphatic carbocycles. The summed E-state index contributed by atoms with van der Waals surface area (Å²) in [6.45, 7) is 1.98. The highest BCUT2D eigenvalue weighted by Gasteiger charge is 2.17. The van der Waals surface area contributed by atoms with Crippen molar-refractivity contribution in [1.82, 2.24) is 15.1 Å². The Bertz CT molecular complexity index is 1290. The fourth-order valence-electron chi connectivity index (χ4n) is 2.82. The second-order valence-electron chi connectivity index (χ2n) is 5.91. The molecule has 8 heteroatoms. The number of fused-ring (bicyclic) bond motifs is 3. The first-order valence-electron chi connectivity index (χ1n) is 8.17. The van der Waals surface area contributed by atoms with Crippen LogP contribution in [0.1, 0.15) is 15.5 Å². The van der Waals surface area contributed by atoms with Gasteiger partial charge < -0.3 is 4.52 Å². The second-order valence-corrected chi connectivity index (χ2v) is 8.11. The Labute approximate surface area is 161 Å². The summed E-state index contributed by atoms with van der Waals surface area (Å²) in [6.07, 6.45) is 0. The zero-order valence-corrected chi connectivity index (χ0v) is 15.7. The van der Waals surface area contributed by atoms with Gasteiger partial charge in [0.15, 0.2) is 16.6 Å². The lowest BCUT2D eigenvalue weighted by Gasteiger charge is -1.95. The van der Waals surface area contributed by atoms with Gasteiger partial charge in [-0.05, 0) is 19.1 Å². The van der Waals surface area contributed by atoms with Crippen LogP contribution in [-0.2, 0) is 0 Å². The number of anilines is 1. The number of amides is 1. The van der Waals surface area contributed by atoms with E-state index in [4.69, 9.17) is 4.52 Å². The average Bonchev–Trinajstić information content (AvgIpc) is 3.38. The van der Waals surface area contributed by atoms with E-state index in [9.17, 15) is 4.79 Å². The van der Waals surface area contributed by atoms with Crippen LogP contribution in [0.4, 0.5) is 5.13 Å². The van der Waals surface area contributed by atoms with Crippen LogP contribution >= 0.6 is 22.7 Å². The van der Waals surface area contributed by atoms with Crippen molar-refractivity contribution in [2.24, 2.45) is 0 Å². The van der Waals surface area contributed by atoms with Crippen molar-refractivity contribution in [2.75, 3.05) is 5.32 Å². The number of rotatable bonds is 3. The third-order valence-electron chi connectivity index (χ3n) is 4.04. The van der Waals surface area contributed by atoms with E-state index in [1.54, 1.807) is 17.4 Å². The van der Waals surface area contributed by atoms with E-state index in [1.165, 1.54) is 11.3 Å². The van der Waals surface area contributed by atoms with Crippen LogP contribution in [0.25, 0.3) is 31.8 Å². The molecule has 3 heterocycles. The number of aryl methyl sites for hydroxylation is 1.